The molecular weight excluding hydrogens is 392 g/mol. The van der Waals surface area contributed by atoms with Crippen LogP contribution in [-0.4, -0.2) is 30.4 Å². The van der Waals surface area contributed by atoms with Gasteiger partial charge in [-0.25, -0.2) is 4.79 Å². The Morgan fingerprint density at radius 1 is 0.966 bits per heavy atom. The van der Waals surface area contributed by atoms with Crippen molar-refractivity contribution in [3.63, 3.8) is 0 Å². The second-order valence-electron chi connectivity index (χ2n) is 6.70. The van der Waals surface area contributed by atoms with E-state index >= 15 is 0 Å². The van der Waals surface area contributed by atoms with Gasteiger partial charge in [-0.2, -0.15) is 0 Å². The van der Waals surface area contributed by atoms with Crippen LogP contribution in [0.15, 0.2) is 42.5 Å². The Morgan fingerprint density at radius 2 is 1.69 bits per heavy atom. The number of hydrogen-bond donors (Lipinski definition) is 4. The Labute approximate surface area is 175 Å². The predicted molar refractivity (Wildman–Crippen MR) is 116 cm³/mol. The van der Waals surface area contributed by atoms with Gasteiger partial charge in [-0.15, -0.1) is 0 Å². The van der Waals surface area contributed by atoms with Crippen molar-refractivity contribution in [1.82, 2.24) is 10.6 Å². The molecule has 4 N–H and O–H groups in total. The van der Waals surface area contributed by atoms with Crippen LogP contribution in [0.25, 0.3) is 0 Å². The van der Waals surface area contributed by atoms with Gasteiger partial charge in [0.25, 0.3) is 11.8 Å². The molecule has 4 amide bonds. The standard InChI is InChI=1S/C21H25ClN4O3/c1-4-11-23-19(27)15-10-9-14(12-17(15)22)25-20(28)16-7-5-6-8-18(16)26-21(29)24-13(2)3/h5-10,12-13H,4,11H2,1-3H3,(H,23,27)(H,25,28)(H2,24,26,29). The molecule has 7 nitrogen and oxygen atoms in total. The van der Waals surface area contributed by atoms with E-state index in [1.54, 1.807) is 36.4 Å². The summed E-state index contributed by atoms with van der Waals surface area (Å²) in [5, 5.41) is 11.1. The molecule has 154 valence electrons. The molecule has 0 radical (unpaired) electrons. The van der Waals surface area contributed by atoms with Gasteiger partial charge in [0.05, 0.1) is 21.8 Å². The molecular formula is C21H25ClN4O3. The molecule has 2 aromatic carbocycles. The summed E-state index contributed by atoms with van der Waals surface area (Å²) in [7, 11) is 0. The zero-order valence-corrected chi connectivity index (χ0v) is 17.4. The lowest BCUT2D eigenvalue weighted by molar-refractivity contribution is 0.0953. The van der Waals surface area contributed by atoms with Crippen molar-refractivity contribution in [1.29, 1.82) is 0 Å². The van der Waals surface area contributed by atoms with Crippen molar-refractivity contribution in [2.24, 2.45) is 0 Å². The summed E-state index contributed by atoms with van der Waals surface area (Å²) < 4.78 is 0. The second kappa shape index (κ2) is 10.5. The molecule has 0 aliphatic carbocycles. The molecule has 29 heavy (non-hydrogen) atoms. The number of amides is 4. The Kier molecular flexibility index (Phi) is 8.03. The molecule has 0 bridgehead atoms. The highest BCUT2D eigenvalue weighted by Gasteiger charge is 2.15. The number of benzene rings is 2. The van der Waals surface area contributed by atoms with Gasteiger partial charge in [0, 0.05) is 18.3 Å². The zero-order valence-electron chi connectivity index (χ0n) is 16.6. The van der Waals surface area contributed by atoms with Crippen LogP contribution in [0.5, 0.6) is 0 Å². The summed E-state index contributed by atoms with van der Waals surface area (Å²) in [6.07, 6.45) is 0.820. The van der Waals surface area contributed by atoms with Crippen molar-refractivity contribution in [3.8, 4) is 0 Å². The number of para-hydroxylation sites is 1. The smallest absolute Gasteiger partial charge is 0.319 e. The maximum atomic E-state index is 12.7. The zero-order chi connectivity index (χ0) is 21.4. The lowest BCUT2D eigenvalue weighted by atomic mass is 10.1. The lowest BCUT2D eigenvalue weighted by Gasteiger charge is -2.14. The maximum Gasteiger partial charge on any atom is 0.319 e. The van der Waals surface area contributed by atoms with E-state index in [4.69, 9.17) is 11.6 Å². The minimum Gasteiger partial charge on any atom is -0.352 e. The van der Waals surface area contributed by atoms with Gasteiger partial charge in [0.2, 0.25) is 0 Å². The number of rotatable bonds is 7. The minimum absolute atomic E-state index is 0.0360. The van der Waals surface area contributed by atoms with Gasteiger partial charge in [-0.3, -0.25) is 9.59 Å². The largest absolute Gasteiger partial charge is 0.352 e. The highest BCUT2D eigenvalue weighted by molar-refractivity contribution is 6.34. The van der Waals surface area contributed by atoms with E-state index in [9.17, 15) is 14.4 Å². The van der Waals surface area contributed by atoms with Crippen molar-refractivity contribution in [3.05, 3.63) is 58.6 Å². The summed E-state index contributed by atoms with van der Waals surface area (Å²) in [6, 6.07) is 10.9. The van der Waals surface area contributed by atoms with Gasteiger partial charge < -0.3 is 21.3 Å². The average Bonchev–Trinajstić information content (AvgIpc) is 2.65. The first kappa shape index (κ1) is 22.2. The summed E-state index contributed by atoms with van der Waals surface area (Å²) in [4.78, 5) is 36.7. The molecule has 0 aromatic heterocycles. The molecule has 0 saturated heterocycles. The molecule has 0 fully saturated rings. The van der Waals surface area contributed by atoms with E-state index in [0.29, 0.717) is 29.0 Å². The average molecular weight is 417 g/mol. The van der Waals surface area contributed by atoms with Gasteiger partial charge in [0.15, 0.2) is 0 Å². The fraction of sp³-hybridized carbons (Fsp3) is 0.286. The number of urea groups is 1. The molecule has 2 rings (SSSR count). The molecule has 0 atom stereocenters. The summed E-state index contributed by atoms with van der Waals surface area (Å²) in [5.41, 5.74) is 1.45. The molecule has 0 heterocycles. The first-order valence-electron chi connectivity index (χ1n) is 9.37. The molecule has 0 saturated carbocycles. The molecule has 0 unspecified atom stereocenters. The van der Waals surface area contributed by atoms with E-state index in [1.807, 2.05) is 20.8 Å². The third kappa shape index (κ3) is 6.50. The lowest BCUT2D eigenvalue weighted by Crippen LogP contribution is -2.34. The van der Waals surface area contributed by atoms with Gasteiger partial charge in [0.1, 0.15) is 0 Å². The van der Waals surface area contributed by atoms with Crippen LogP contribution in [0, 0.1) is 0 Å². The SMILES string of the molecule is CCCNC(=O)c1ccc(NC(=O)c2ccccc2NC(=O)NC(C)C)cc1Cl. The Hall–Kier alpha value is -3.06. The first-order valence-corrected chi connectivity index (χ1v) is 9.75. The van der Waals surface area contributed by atoms with Crippen LogP contribution in [-0.2, 0) is 0 Å². The summed E-state index contributed by atoms with van der Waals surface area (Å²) in [6.45, 7) is 6.20. The molecule has 2 aromatic rings. The third-order valence-corrected chi connectivity index (χ3v) is 4.16. The monoisotopic (exact) mass is 416 g/mol. The van der Waals surface area contributed by atoms with Crippen molar-refractivity contribution in [2.75, 3.05) is 17.2 Å². The van der Waals surface area contributed by atoms with E-state index in [0.717, 1.165) is 6.42 Å². The molecule has 0 aliphatic heterocycles. The number of anilines is 2. The van der Waals surface area contributed by atoms with Crippen LogP contribution in [0.3, 0.4) is 0 Å². The summed E-state index contributed by atoms with van der Waals surface area (Å²) in [5.74, 6) is -0.676. The van der Waals surface area contributed by atoms with Crippen LogP contribution in [0.4, 0.5) is 16.2 Å². The normalized spacial score (nSPS) is 10.4. The quantitative estimate of drug-likeness (QED) is 0.542. The number of halogens is 1. The van der Waals surface area contributed by atoms with Crippen LogP contribution in [0.2, 0.25) is 5.02 Å². The Bertz CT molecular complexity index is 899. The van der Waals surface area contributed by atoms with Crippen LogP contribution < -0.4 is 21.3 Å². The Balaban J connectivity index is 2.13. The third-order valence-electron chi connectivity index (χ3n) is 3.85. The molecule has 0 aliphatic rings. The second-order valence-corrected chi connectivity index (χ2v) is 7.11. The maximum absolute atomic E-state index is 12.7. The van der Waals surface area contributed by atoms with Gasteiger partial charge in [-0.1, -0.05) is 30.7 Å². The van der Waals surface area contributed by atoms with Crippen LogP contribution in [0.1, 0.15) is 47.9 Å². The highest BCUT2D eigenvalue weighted by Crippen LogP contribution is 2.23. The number of nitrogens with one attached hydrogen (secondary N) is 4. The van der Waals surface area contributed by atoms with E-state index in [-0.39, 0.29) is 17.0 Å². The highest BCUT2D eigenvalue weighted by atomic mass is 35.5. The fourth-order valence-corrected chi connectivity index (χ4v) is 2.79. The van der Waals surface area contributed by atoms with Crippen molar-refractivity contribution >= 4 is 40.8 Å². The summed E-state index contributed by atoms with van der Waals surface area (Å²) >= 11 is 6.20. The van der Waals surface area contributed by atoms with E-state index in [2.05, 4.69) is 21.3 Å². The van der Waals surface area contributed by atoms with Crippen molar-refractivity contribution in [2.45, 2.75) is 33.2 Å². The van der Waals surface area contributed by atoms with Gasteiger partial charge in [-0.05, 0) is 50.6 Å². The van der Waals surface area contributed by atoms with E-state index < -0.39 is 11.9 Å². The van der Waals surface area contributed by atoms with Crippen molar-refractivity contribution < 1.29 is 14.4 Å². The van der Waals surface area contributed by atoms with Crippen LogP contribution >= 0.6 is 11.6 Å². The first-order chi connectivity index (χ1) is 13.8. The topological polar surface area (TPSA) is 99.3 Å². The van der Waals surface area contributed by atoms with E-state index in [1.165, 1.54) is 6.07 Å². The molecule has 8 heteroatoms. The predicted octanol–water partition coefficient (Wildman–Crippen LogP) is 4.26. The minimum atomic E-state index is -0.412. The molecule has 0 spiro atoms. The number of carbonyl (C=O) groups excluding carboxylic acids is 3. The Morgan fingerprint density at radius 3 is 2.34 bits per heavy atom. The number of hydrogen-bond acceptors (Lipinski definition) is 3. The fourth-order valence-electron chi connectivity index (χ4n) is 2.52. The van der Waals surface area contributed by atoms with Gasteiger partial charge >= 0.3 is 6.03 Å². The number of carbonyl (C=O) groups is 3.